The van der Waals surface area contributed by atoms with Crippen molar-refractivity contribution in [2.75, 3.05) is 0 Å². The molecule has 21 heavy (non-hydrogen) atoms. The van der Waals surface area contributed by atoms with E-state index in [4.69, 9.17) is 0 Å². The molecule has 0 heterocycles. The van der Waals surface area contributed by atoms with E-state index in [0.717, 1.165) is 25.7 Å². The number of carbonyl (C=O) groups excluding carboxylic acids is 1. The van der Waals surface area contributed by atoms with Gasteiger partial charge in [-0.05, 0) is 34.8 Å². The summed E-state index contributed by atoms with van der Waals surface area (Å²) >= 11 is 3.11. The number of rotatable bonds is 3. The highest BCUT2D eigenvalue weighted by molar-refractivity contribution is 9.10. The first-order valence-electron chi connectivity index (χ1n) is 6.92. The van der Waals surface area contributed by atoms with E-state index in [1.54, 1.807) is 0 Å². The van der Waals surface area contributed by atoms with Crippen molar-refractivity contribution in [1.82, 2.24) is 5.32 Å². The van der Waals surface area contributed by atoms with Crippen molar-refractivity contribution in [3.63, 3.8) is 0 Å². The maximum atomic E-state index is 12.3. The lowest BCUT2D eigenvalue weighted by molar-refractivity contribution is -0.385. The maximum absolute atomic E-state index is 12.3. The van der Waals surface area contributed by atoms with Crippen LogP contribution in [-0.2, 0) is 0 Å². The molecule has 1 amide bonds. The van der Waals surface area contributed by atoms with Crippen molar-refractivity contribution >= 4 is 27.5 Å². The predicted molar refractivity (Wildman–Crippen MR) is 81.1 cm³/mol. The van der Waals surface area contributed by atoms with Gasteiger partial charge < -0.3 is 10.4 Å². The van der Waals surface area contributed by atoms with Crippen LogP contribution in [-0.4, -0.2) is 28.1 Å². The number of aliphatic hydroxyl groups excluding tert-OH is 1. The van der Waals surface area contributed by atoms with Crippen LogP contribution in [0, 0.1) is 10.1 Å². The van der Waals surface area contributed by atoms with Crippen LogP contribution in [0.5, 0.6) is 0 Å². The summed E-state index contributed by atoms with van der Waals surface area (Å²) in [6, 6.07) is 4.03. The molecule has 0 saturated heterocycles. The number of nitrogens with one attached hydrogen (secondary N) is 1. The van der Waals surface area contributed by atoms with Gasteiger partial charge in [0.15, 0.2) is 0 Å². The molecule has 1 aromatic rings. The van der Waals surface area contributed by atoms with Crippen molar-refractivity contribution in [3.8, 4) is 0 Å². The lowest BCUT2D eigenvalue weighted by Gasteiger charge is -2.22. The largest absolute Gasteiger partial charge is 0.391 e. The molecule has 1 saturated carbocycles. The molecule has 0 aromatic heterocycles. The van der Waals surface area contributed by atoms with Crippen LogP contribution in [0.2, 0.25) is 0 Å². The minimum absolute atomic E-state index is 0.149. The molecule has 2 atom stereocenters. The zero-order valence-corrected chi connectivity index (χ0v) is 13.0. The Morgan fingerprint density at radius 1 is 1.33 bits per heavy atom. The van der Waals surface area contributed by atoms with Crippen molar-refractivity contribution < 1.29 is 14.8 Å². The number of hydrogen-bond donors (Lipinski definition) is 2. The standard InChI is InChI=1S/C14H17BrN2O4/c15-13-9(5-4-7-11(13)17(20)21)14(19)16-10-6-2-1-3-8-12(10)18/h4-5,7,10,12,18H,1-3,6,8H2,(H,16,19). The first-order chi connectivity index (χ1) is 10.0. The van der Waals surface area contributed by atoms with Crippen molar-refractivity contribution in [2.45, 2.75) is 44.2 Å². The lowest BCUT2D eigenvalue weighted by atomic mass is 10.1. The van der Waals surface area contributed by atoms with Gasteiger partial charge in [0.2, 0.25) is 0 Å². The number of nitrogens with zero attached hydrogens (tertiary/aromatic N) is 1. The van der Waals surface area contributed by atoms with E-state index in [-0.39, 0.29) is 21.8 Å². The molecule has 1 aliphatic rings. The normalized spacial score (nSPS) is 22.4. The second-order valence-electron chi connectivity index (χ2n) is 5.18. The second kappa shape index (κ2) is 7.00. The number of nitro benzene ring substituents is 1. The highest BCUT2D eigenvalue weighted by Crippen LogP contribution is 2.28. The van der Waals surface area contributed by atoms with E-state index < -0.39 is 16.9 Å². The summed E-state index contributed by atoms with van der Waals surface area (Å²) in [5.74, 6) is -0.406. The van der Waals surface area contributed by atoms with Gasteiger partial charge in [-0.2, -0.15) is 0 Å². The lowest BCUT2D eigenvalue weighted by Crippen LogP contribution is -2.42. The molecule has 0 radical (unpaired) electrons. The topological polar surface area (TPSA) is 92.5 Å². The van der Waals surface area contributed by atoms with Gasteiger partial charge in [0, 0.05) is 6.07 Å². The van der Waals surface area contributed by atoms with E-state index >= 15 is 0 Å². The molecular formula is C14H17BrN2O4. The van der Waals surface area contributed by atoms with Crippen LogP contribution in [0.3, 0.4) is 0 Å². The van der Waals surface area contributed by atoms with Gasteiger partial charge in [-0.15, -0.1) is 0 Å². The third kappa shape index (κ3) is 3.79. The summed E-state index contributed by atoms with van der Waals surface area (Å²) in [5, 5.41) is 23.7. The first-order valence-corrected chi connectivity index (χ1v) is 7.72. The SMILES string of the molecule is O=C(NC1CCCCCC1O)c1cccc([N+](=O)[O-])c1Br. The Labute approximate surface area is 130 Å². The van der Waals surface area contributed by atoms with Gasteiger partial charge in [0.05, 0.1) is 22.6 Å². The van der Waals surface area contributed by atoms with Gasteiger partial charge in [-0.3, -0.25) is 14.9 Å². The minimum Gasteiger partial charge on any atom is -0.391 e. The fraction of sp³-hybridized carbons (Fsp3) is 0.500. The summed E-state index contributed by atoms with van der Waals surface area (Å²) < 4.78 is 0.163. The van der Waals surface area contributed by atoms with Gasteiger partial charge >= 0.3 is 0 Å². The van der Waals surface area contributed by atoms with Gasteiger partial charge in [-0.25, -0.2) is 0 Å². The third-order valence-electron chi connectivity index (χ3n) is 3.72. The van der Waals surface area contributed by atoms with E-state index in [0.29, 0.717) is 6.42 Å². The van der Waals surface area contributed by atoms with Crippen LogP contribution in [0.15, 0.2) is 22.7 Å². The molecule has 0 aliphatic heterocycles. The monoisotopic (exact) mass is 356 g/mol. The quantitative estimate of drug-likeness (QED) is 0.494. The Kier molecular flexibility index (Phi) is 5.30. The average Bonchev–Trinajstić information content (AvgIpc) is 2.64. The van der Waals surface area contributed by atoms with Crippen LogP contribution in [0.4, 0.5) is 5.69 Å². The van der Waals surface area contributed by atoms with Crippen LogP contribution >= 0.6 is 15.9 Å². The summed E-state index contributed by atoms with van der Waals surface area (Å²) in [7, 11) is 0. The van der Waals surface area contributed by atoms with E-state index in [2.05, 4.69) is 21.2 Å². The van der Waals surface area contributed by atoms with Crippen molar-refractivity contribution in [3.05, 3.63) is 38.3 Å². The summed E-state index contributed by atoms with van der Waals surface area (Å²) in [6.45, 7) is 0. The Hall–Kier alpha value is -1.47. The van der Waals surface area contributed by atoms with Gasteiger partial charge in [-0.1, -0.05) is 25.3 Å². The molecule has 1 aromatic carbocycles. The van der Waals surface area contributed by atoms with Crippen molar-refractivity contribution in [2.24, 2.45) is 0 Å². The fourth-order valence-electron chi connectivity index (χ4n) is 2.54. The molecule has 114 valence electrons. The summed E-state index contributed by atoms with van der Waals surface area (Å²) in [6.07, 6.45) is 3.78. The molecule has 1 aliphatic carbocycles. The molecule has 6 nitrogen and oxygen atoms in total. The summed E-state index contributed by atoms with van der Waals surface area (Å²) in [5.41, 5.74) is 0.0599. The average molecular weight is 357 g/mol. The van der Waals surface area contributed by atoms with E-state index in [9.17, 15) is 20.0 Å². The number of halogens is 1. The molecule has 2 rings (SSSR count). The zero-order chi connectivity index (χ0) is 15.4. The predicted octanol–water partition coefficient (Wildman–Crippen LogP) is 2.78. The van der Waals surface area contributed by atoms with E-state index in [1.807, 2.05) is 0 Å². The second-order valence-corrected chi connectivity index (χ2v) is 5.97. The Balaban J connectivity index is 2.16. The van der Waals surface area contributed by atoms with Crippen molar-refractivity contribution in [1.29, 1.82) is 0 Å². The highest BCUT2D eigenvalue weighted by Gasteiger charge is 2.26. The Bertz CT molecular complexity index is 550. The van der Waals surface area contributed by atoms with Gasteiger partial charge in [0.1, 0.15) is 4.47 Å². The zero-order valence-electron chi connectivity index (χ0n) is 11.4. The van der Waals surface area contributed by atoms with Crippen LogP contribution in [0.25, 0.3) is 0 Å². The van der Waals surface area contributed by atoms with E-state index in [1.165, 1.54) is 18.2 Å². The summed E-state index contributed by atoms with van der Waals surface area (Å²) in [4.78, 5) is 22.6. The molecule has 0 spiro atoms. The number of aliphatic hydroxyl groups is 1. The maximum Gasteiger partial charge on any atom is 0.284 e. The molecule has 2 unspecified atom stereocenters. The Morgan fingerprint density at radius 3 is 2.76 bits per heavy atom. The number of hydrogen-bond acceptors (Lipinski definition) is 4. The fourth-order valence-corrected chi connectivity index (χ4v) is 3.13. The molecule has 0 bridgehead atoms. The van der Waals surface area contributed by atoms with Crippen LogP contribution in [0.1, 0.15) is 42.5 Å². The van der Waals surface area contributed by atoms with Crippen LogP contribution < -0.4 is 5.32 Å². The highest BCUT2D eigenvalue weighted by atomic mass is 79.9. The number of amides is 1. The smallest absolute Gasteiger partial charge is 0.284 e. The molecular weight excluding hydrogens is 340 g/mol. The number of benzene rings is 1. The van der Waals surface area contributed by atoms with Gasteiger partial charge in [0.25, 0.3) is 11.6 Å². The minimum atomic E-state index is -0.561. The molecule has 1 fully saturated rings. The molecule has 7 heteroatoms. The molecule has 2 N–H and O–H groups in total. The Morgan fingerprint density at radius 2 is 2.05 bits per heavy atom. The number of carbonyl (C=O) groups is 1. The first kappa shape index (κ1) is 15.9. The number of nitro groups is 1. The third-order valence-corrected chi connectivity index (χ3v) is 4.55.